The summed E-state index contributed by atoms with van der Waals surface area (Å²) in [6.45, 7) is 0. The van der Waals surface area contributed by atoms with E-state index in [0.717, 1.165) is 55.3 Å². The lowest BCUT2D eigenvalue weighted by atomic mass is 9.99. The maximum absolute atomic E-state index is 6.21. The first kappa shape index (κ1) is 24.9. The zero-order chi connectivity index (χ0) is 28.6. The smallest absolute Gasteiger partial charge is 0.164 e. The largest absolute Gasteiger partial charge is 0.456 e. The molecule has 0 atom stereocenters. The number of nitrogens with zero attached hydrogens (tertiary/aromatic N) is 3. The highest BCUT2D eigenvalue weighted by Crippen LogP contribution is 2.37. The van der Waals surface area contributed by atoms with Crippen molar-refractivity contribution in [1.29, 1.82) is 0 Å². The first-order valence-corrected chi connectivity index (χ1v) is 14.3. The molecule has 202 valence electrons. The van der Waals surface area contributed by atoms with E-state index in [4.69, 9.17) is 19.4 Å². The molecule has 6 aromatic carbocycles. The summed E-state index contributed by atoms with van der Waals surface area (Å²) in [5.41, 5.74) is 8.91. The normalized spacial score (nSPS) is 11.3. The molecule has 0 spiro atoms. The van der Waals surface area contributed by atoms with Crippen molar-refractivity contribution in [2.24, 2.45) is 0 Å². The van der Waals surface area contributed by atoms with Gasteiger partial charge in [-0.05, 0) is 34.4 Å². The van der Waals surface area contributed by atoms with Crippen LogP contribution in [0.4, 0.5) is 0 Å². The third kappa shape index (κ3) is 4.55. The summed E-state index contributed by atoms with van der Waals surface area (Å²) in [5, 5.41) is 2.03. The Hall–Kier alpha value is -5.87. The summed E-state index contributed by atoms with van der Waals surface area (Å²) < 4.78 is 6.21. The minimum atomic E-state index is 0.604. The first-order chi connectivity index (χ1) is 21.3. The van der Waals surface area contributed by atoms with Crippen LogP contribution in [0, 0.1) is 0 Å². The number of hydrogen-bond acceptors (Lipinski definition) is 4. The molecule has 0 aliphatic carbocycles. The van der Waals surface area contributed by atoms with Crippen LogP contribution in [0.2, 0.25) is 0 Å². The van der Waals surface area contributed by atoms with Crippen LogP contribution in [0.15, 0.2) is 156 Å². The zero-order valence-corrected chi connectivity index (χ0v) is 23.2. The van der Waals surface area contributed by atoms with Gasteiger partial charge in [-0.2, -0.15) is 0 Å². The first-order valence-electron chi connectivity index (χ1n) is 14.3. The molecule has 0 N–H and O–H groups in total. The Balaban J connectivity index is 1.35. The van der Waals surface area contributed by atoms with Crippen molar-refractivity contribution in [3.05, 3.63) is 152 Å². The molecule has 0 aliphatic heterocycles. The second-order valence-electron chi connectivity index (χ2n) is 10.4. The molecule has 0 saturated heterocycles. The summed E-state index contributed by atoms with van der Waals surface area (Å²) in [6.07, 6.45) is 0. The van der Waals surface area contributed by atoms with Gasteiger partial charge in [-0.25, -0.2) is 15.0 Å². The number of hydrogen-bond donors (Lipinski definition) is 0. The minimum Gasteiger partial charge on any atom is -0.456 e. The molecule has 4 heteroatoms. The predicted octanol–water partition coefficient (Wildman–Crippen LogP) is 10.1. The van der Waals surface area contributed by atoms with E-state index in [1.165, 1.54) is 5.56 Å². The van der Waals surface area contributed by atoms with E-state index in [-0.39, 0.29) is 0 Å². The molecule has 0 bridgehead atoms. The number of aromatic nitrogens is 3. The van der Waals surface area contributed by atoms with Crippen LogP contribution in [0.25, 0.3) is 78.4 Å². The summed E-state index contributed by atoms with van der Waals surface area (Å²) in [6, 6.07) is 51.6. The lowest BCUT2D eigenvalue weighted by Gasteiger charge is -2.12. The third-order valence-electron chi connectivity index (χ3n) is 7.78. The summed E-state index contributed by atoms with van der Waals surface area (Å²) in [5.74, 6) is 1.84. The Morgan fingerprint density at radius 2 is 0.837 bits per heavy atom. The van der Waals surface area contributed by atoms with Crippen molar-refractivity contribution in [1.82, 2.24) is 15.0 Å². The van der Waals surface area contributed by atoms with Gasteiger partial charge in [0.1, 0.15) is 11.2 Å². The van der Waals surface area contributed by atoms with Gasteiger partial charge < -0.3 is 4.42 Å². The molecule has 0 fully saturated rings. The predicted molar refractivity (Wildman–Crippen MR) is 174 cm³/mol. The Morgan fingerprint density at radius 3 is 1.60 bits per heavy atom. The SMILES string of the molecule is c1ccc(-c2ccc(-c3nc(-c4ccccc4-c4ccccc4)nc(-c4cccc5oc6ccccc6c45)n3)cc2)cc1. The molecule has 0 unspecified atom stereocenters. The number of fused-ring (bicyclic) bond motifs is 3. The minimum absolute atomic E-state index is 0.604. The highest BCUT2D eigenvalue weighted by Gasteiger charge is 2.19. The van der Waals surface area contributed by atoms with Crippen molar-refractivity contribution < 1.29 is 4.42 Å². The summed E-state index contributed by atoms with van der Waals surface area (Å²) in [4.78, 5) is 15.3. The Morgan fingerprint density at radius 1 is 0.326 bits per heavy atom. The van der Waals surface area contributed by atoms with E-state index in [2.05, 4.69) is 103 Å². The molecule has 8 rings (SSSR count). The summed E-state index contributed by atoms with van der Waals surface area (Å²) >= 11 is 0. The Bertz CT molecular complexity index is 2220. The van der Waals surface area contributed by atoms with Gasteiger partial charge in [0, 0.05) is 27.5 Å². The van der Waals surface area contributed by atoms with E-state index >= 15 is 0 Å². The van der Waals surface area contributed by atoms with E-state index in [1.54, 1.807) is 0 Å². The van der Waals surface area contributed by atoms with E-state index < -0.39 is 0 Å². The summed E-state index contributed by atoms with van der Waals surface area (Å²) in [7, 11) is 0. The van der Waals surface area contributed by atoms with Gasteiger partial charge in [-0.3, -0.25) is 0 Å². The Labute approximate surface area is 249 Å². The quantitative estimate of drug-likeness (QED) is 0.214. The average Bonchev–Trinajstić information content (AvgIpc) is 3.48. The molecule has 2 aromatic heterocycles. The van der Waals surface area contributed by atoms with E-state index in [0.29, 0.717) is 17.5 Å². The van der Waals surface area contributed by atoms with Crippen LogP contribution in [0.3, 0.4) is 0 Å². The molecule has 0 radical (unpaired) electrons. The van der Waals surface area contributed by atoms with Crippen LogP contribution in [0.1, 0.15) is 0 Å². The van der Waals surface area contributed by atoms with Gasteiger partial charge in [-0.15, -0.1) is 0 Å². The molecule has 8 aromatic rings. The van der Waals surface area contributed by atoms with Crippen molar-refractivity contribution >= 4 is 21.9 Å². The van der Waals surface area contributed by atoms with Crippen molar-refractivity contribution in [2.75, 3.05) is 0 Å². The molecular formula is C39H25N3O. The van der Waals surface area contributed by atoms with Crippen LogP contribution >= 0.6 is 0 Å². The second kappa shape index (κ2) is 10.5. The van der Waals surface area contributed by atoms with Gasteiger partial charge in [0.2, 0.25) is 0 Å². The zero-order valence-electron chi connectivity index (χ0n) is 23.2. The highest BCUT2D eigenvalue weighted by atomic mass is 16.3. The lowest BCUT2D eigenvalue weighted by Crippen LogP contribution is -2.01. The van der Waals surface area contributed by atoms with Gasteiger partial charge in [-0.1, -0.05) is 140 Å². The molecule has 4 nitrogen and oxygen atoms in total. The molecule has 0 amide bonds. The van der Waals surface area contributed by atoms with Crippen LogP contribution in [0.5, 0.6) is 0 Å². The third-order valence-corrected chi connectivity index (χ3v) is 7.78. The van der Waals surface area contributed by atoms with Crippen molar-refractivity contribution in [3.63, 3.8) is 0 Å². The fourth-order valence-corrected chi connectivity index (χ4v) is 5.70. The monoisotopic (exact) mass is 551 g/mol. The molecule has 0 aliphatic rings. The fourth-order valence-electron chi connectivity index (χ4n) is 5.70. The van der Waals surface area contributed by atoms with Gasteiger partial charge in [0.15, 0.2) is 17.5 Å². The van der Waals surface area contributed by atoms with Crippen LogP contribution in [-0.4, -0.2) is 15.0 Å². The lowest BCUT2D eigenvalue weighted by molar-refractivity contribution is 0.669. The van der Waals surface area contributed by atoms with E-state index in [9.17, 15) is 0 Å². The Kier molecular flexibility index (Phi) is 6.08. The number of benzene rings is 6. The fraction of sp³-hybridized carbons (Fsp3) is 0. The standard InChI is InChI=1S/C39H25N3O/c1-3-12-26(13-4-1)27-22-24-29(25-23-27)37-40-38(31-17-8-7-16-30(31)28-14-5-2-6-15-28)42-39(41-37)33-19-11-21-35-36(33)32-18-9-10-20-34(32)43-35/h1-25H. The molecular weight excluding hydrogens is 526 g/mol. The van der Waals surface area contributed by atoms with Crippen LogP contribution in [-0.2, 0) is 0 Å². The highest BCUT2D eigenvalue weighted by molar-refractivity contribution is 6.11. The van der Waals surface area contributed by atoms with Crippen molar-refractivity contribution in [3.8, 4) is 56.4 Å². The maximum Gasteiger partial charge on any atom is 0.164 e. The van der Waals surface area contributed by atoms with E-state index in [1.807, 2.05) is 48.5 Å². The van der Waals surface area contributed by atoms with Gasteiger partial charge >= 0.3 is 0 Å². The number of para-hydroxylation sites is 1. The molecule has 2 heterocycles. The number of furan rings is 1. The van der Waals surface area contributed by atoms with Crippen molar-refractivity contribution in [2.45, 2.75) is 0 Å². The number of rotatable bonds is 5. The maximum atomic E-state index is 6.21. The topological polar surface area (TPSA) is 51.8 Å². The average molecular weight is 552 g/mol. The van der Waals surface area contributed by atoms with Gasteiger partial charge in [0.05, 0.1) is 0 Å². The molecule has 0 saturated carbocycles. The van der Waals surface area contributed by atoms with Crippen LogP contribution < -0.4 is 0 Å². The van der Waals surface area contributed by atoms with Gasteiger partial charge in [0.25, 0.3) is 0 Å². The second-order valence-corrected chi connectivity index (χ2v) is 10.4. The molecule has 43 heavy (non-hydrogen) atoms.